The van der Waals surface area contributed by atoms with Crippen LogP contribution in [0.25, 0.3) is 0 Å². The maximum atomic E-state index is 6.11. The summed E-state index contributed by atoms with van der Waals surface area (Å²) in [5, 5.41) is 3.47. The van der Waals surface area contributed by atoms with E-state index < -0.39 is 0 Å². The molecule has 2 aromatic rings. The Morgan fingerprint density at radius 1 is 1.15 bits per heavy atom. The zero-order chi connectivity index (χ0) is 22.3. The molecule has 1 aromatic carbocycles. The van der Waals surface area contributed by atoms with Gasteiger partial charge < -0.3 is 24.6 Å². The van der Waals surface area contributed by atoms with Crippen molar-refractivity contribution >= 4 is 35.8 Å². The van der Waals surface area contributed by atoms with E-state index in [1.165, 1.54) is 11.1 Å². The van der Waals surface area contributed by atoms with Crippen LogP contribution in [0.3, 0.4) is 0 Å². The van der Waals surface area contributed by atoms with Crippen molar-refractivity contribution in [3.63, 3.8) is 0 Å². The third-order valence-corrected chi connectivity index (χ3v) is 6.02. The average molecular weight is 566 g/mol. The molecule has 7 nitrogen and oxygen atoms in total. The molecule has 2 aliphatic rings. The zero-order valence-electron chi connectivity index (χ0n) is 19.9. The number of halogens is 1. The average Bonchev–Trinajstić information content (AvgIpc) is 2.82. The minimum Gasteiger partial charge on any atom is -0.375 e. The van der Waals surface area contributed by atoms with E-state index in [1.54, 1.807) is 0 Å². The van der Waals surface area contributed by atoms with Gasteiger partial charge in [0.2, 0.25) is 0 Å². The van der Waals surface area contributed by atoms with Crippen LogP contribution < -0.4 is 10.2 Å². The Morgan fingerprint density at radius 2 is 1.97 bits per heavy atom. The normalized spacial score (nSPS) is 21.5. The lowest BCUT2D eigenvalue weighted by molar-refractivity contribution is -0.00834. The van der Waals surface area contributed by atoms with Gasteiger partial charge in [-0.25, -0.2) is 9.98 Å². The lowest BCUT2D eigenvalue weighted by Gasteiger charge is -2.36. The number of aromatic nitrogens is 1. The number of guanidine groups is 1. The first kappa shape index (κ1) is 25.7. The second-order valence-electron chi connectivity index (χ2n) is 8.48. The third-order valence-electron chi connectivity index (χ3n) is 6.02. The summed E-state index contributed by atoms with van der Waals surface area (Å²) in [7, 11) is 0. The largest absolute Gasteiger partial charge is 0.375 e. The Balaban J connectivity index is 0.00000306. The van der Waals surface area contributed by atoms with E-state index in [-0.39, 0.29) is 36.2 Å². The first-order chi connectivity index (χ1) is 15.6. The number of nitrogens with zero attached hydrogens (tertiary/aromatic N) is 4. The number of hydrogen-bond donors (Lipinski definition) is 1. The predicted octanol–water partition coefficient (Wildman–Crippen LogP) is 3.77. The number of pyridine rings is 1. The summed E-state index contributed by atoms with van der Waals surface area (Å²) < 4.78 is 11.8. The molecule has 1 N–H and O–H groups in total. The first-order valence-electron chi connectivity index (χ1n) is 11.7. The molecular weight excluding hydrogens is 529 g/mol. The van der Waals surface area contributed by atoms with Gasteiger partial charge in [-0.3, -0.25) is 0 Å². The van der Waals surface area contributed by atoms with Gasteiger partial charge in [-0.1, -0.05) is 24.3 Å². The molecule has 33 heavy (non-hydrogen) atoms. The molecule has 0 radical (unpaired) electrons. The Morgan fingerprint density at radius 3 is 2.76 bits per heavy atom. The molecule has 2 atom stereocenters. The Kier molecular flexibility index (Phi) is 9.76. The van der Waals surface area contributed by atoms with Gasteiger partial charge in [0.15, 0.2) is 5.96 Å². The fourth-order valence-electron chi connectivity index (χ4n) is 4.33. The summed E-state index contributed by atoms with van der Waals surface area (Å²) in [5.74, 6) is 1.94. The summed E-state index contributed by atoms with van der Waals surface area (Å²) in [6.45, 7) is 12.6. The van der Waals surface area contributed by atoms with Crippen LogP contribution in [-0.2, 0) is 16.0 Å². The standard InChI is InChI=1S/C25H35N5O2.HI/c1-4-26-25(30-12-14-32-23(18-30)22-8-6-5-7-19(22)2)28-16-21-9-10-27-24(15-21)29-11-13-31-20(3)17-29;/h5-10,15,20,23H,4,11-14,16-18H2,1-3H3,(H,26,28);1H. The van der Waals surface area contributed by atoms with E-state index in [0.717, 1.165) is 56.7 Å². The summed E-state index contributed by atoms with van der Waals surface area (Å²) in [5.41, 5.74) is 3.68. The number of nitrogens with one attached hydrogen (secondary N) is 1. The first-order valence-corrected chi connectivity index (χ1v) is 11.7. The number of morpholine rings is 2. The zero-order valence-corrected chi connectivity index (χ0v) is 22.2. The predicted molar refractivity (Wildman–Crippen MR) is 144 cm³/mol. The Bertz CT molecular complexity index is 925. The SMILES string of the molecule is CCNC(=NCc1ccnc(N2CCOC(C)C2)c1)N1CCOC(c2ccccc2C)C1.I. The molecule has 0 aliphatic carbocycles. The quantitative estimate of drug-likeness (QED) is 0.339. The number of anilines is 1. The number of aryl methyl sites for hydroxylation is 1. The summed E-state index contributed by atoms with van der Waals surface area (Å²) in [6.07, 6.45) is 2.18. The van der Waals surface area contributed by atoms with E-state index in [2.05, 4.69) is 77.3 Å². The molecule has 0 spiro atoms. The lowest BCUT2D eigenvalue weighted by Crippen LogP contribution is -2.48. The number of benzene rings is 1. The third kappa shape index (κ3) is 6.80. The number of ether oxygens (including phenoxy) is 2. The highest BCUT2D eigenvalue weighted by atomic mass is 127. The fraction of sp³-hybridized carbons (Fsp3) is 0.520. The maximum Gasteiger partial charge on any atom is 0.194 e. The molecule has 2 saturated heterocycles. The fourth-order valence-corrected chi connectivity index (χ4v) is 4.33. The van der Waals surface area contributed by atoms with Crippen LogP contribution in [-0.4, -0.2) is 67.9 Å². The van der Waals surface area contributed by atoms with Crippen molar-refractivity contribution in [3.8, 4) is 0 Å². The summed E-state index contributed by atoms with van der Waals surface area (Å²) >= 11 is 0. The van der Waals surface area contributed by atoms with Crippen LogP contribution in [0.5, 0.6) is 0 Å². The second kappa shape index (κ2) is 12.5. The molecule has 2 aliphatic heterocycles. The molecule has 2 fully saturated rings. The Hall–Kier alpha value is -1.91. The van der Waals surface area contributed by atoms with Gasteiger partial charge in [0.25, 0.3) is 0 Å². The minimum atomic E-state index is 0. The smallest absolute Gasteiger partial charge is 0.194 e. The summed E-state index contributed by atoms with van der Waals surface area (Å²) in [4.78, 5) is 14.2. The van der Waals surface area contributed by atoms with Crippen molar-refractivity contribution in [1.29, 1.82) is 0 Å². The molecule has 0 bridgehead atoms. The van der Waals surface area contributed by atoms with Gasteiger partial charge in [-0.2, -0.15) is 0 Å². The van der Waals surface area contributed by atoms with Crippen molar-refractivity contribution in [1.82, 2.24) is 15.2 Å². The second-order valence-corrected chi connectivity index (χ2v) is 8.48. The van der Waals surface area contributed by atoms with Crippen molar-refractivity contribution < 1.29 is 9.47 Å². The van der Waals surface area contributed by atoms with Gasteiger partial charge in [0.1, 0.15) is 11.9 Å². The molecule has 4 rings (SSSR count). The van der Waals surface area contributed by atoms with Crippen LogP contribution in [0.2, 0.25) is 0 Å². The maximum absolute atomic E-state index is 6.11. The molecule has 1 aromatic heterocycles. The number of rotatable bonds is 5. The molecule has 180 valence electrons. The topological polar surface area (TPSA) is 62.2 Å². The van der Waals surface area contributed by atoms with Crippen molar-refractivity contribution in [2.24, 2.45) is 4.99 Å². The molecule has 2 unspecified atom stereocenters. The van der Waals surface area contributed by atoms with Crippen LogP contribution in [0.15, 0.2) is 47.6 Å². The monoisotopic (exact) mass is 565 g/mol. The van der Waals surface area contributed by atoms with Crippen molar-refractivity contribution in [3.05, 3.63) is 59.3 Å². The highest BCUT2D eigenvalue weighted by Crippen LogP contribution is 2.25. The highest BCUT2D eigenvalue weighted by molar-refractivity contribution is 14.0. The van der Waals surface area contributed by atoms with Crippen LogP contribution in [0.4, 0.5) is 5.82 Å². The Labute approximate surface area is 214 Å². The van der Waals surface area contributed by atoms with Gasteiger partial charge in [0, 0.05) is 32.4 Å². The van der Waals surface area contributed by atoms with E-state index in [4.69, 9.17) is 14.5 Å². The lowest BCUT2D eigenvalue weighted by atomic mass is 10.0. The number of aliphatic imine (C=N–C) groups is 1. The number of hydrogen-bond acceptors (Lipinski definition) is 5. The van der Waals surface area contributed by atoms with Crippen molar-refractivity contribution in [2.75, 3.05) is 50.8 Å². The highest BCUT2D eigenvalue weighted by Gasteiger charge is 2.25. The molecule has 0 amide bonds. The van der Waals surface area contributed by atoms with Gasteiger partial charge in [0.05, 0.1) is 32.4 Å². The van der Waals surface area contributed by atoms with Crippen molar-refractivity contribution in [2.45, 2.75) is 39.5 Å². The summed E-state index contributed by atoms with van der Waals surface area (Å²) in [6, 6.07) is 12.7. The molecule has 8 heteroatoms. The van der Waals surface area contributed by atoms with Gasteiger partial charge in [-0.05, 0) is 49.6 Å². The van der Waals surface area contributed by atoms with Crippen LogP contribution >= 0.6 is 24.0 Å². The molecular formula is C25H36IN5O2. The van der Waals surface area contributed by atoms with E-state index in [1.807, 2.05) is 6.20 Å². The van der Waals surface area contributed by atoms with Gasteiger partial charge >= 0.3 is 0 Å². The van der Waals surface area contributed by atoms with Crippen LogP contribution in [0.1, 0.15) is 36.6 Å². The van der Waals surface area contributed by atoms with E-state index >= 15 is 0 Å². The van der Waals surface area contributed by atoms with Crippen LogP contribution in [0, 0.1) is 6.92 Å². The molecule has 3 heterocycles. The van der Waals surface area contributed by atoms with Gasteiger partial charge in [-0.15, -0.1) is 24.0 Å². The minimum absolute atomic E-state index is 0. The van der Waals surface area contributed by atoms with E-state index in [0.29, 0.717) is 13.2 Å². The van der Waals surface area contributed by atoms with E-state index in [9.17, 15) is 0 Å². The molecule has 0 saturated carbocycles.